The summed E-state index contributed by atoms with van der Waals surface area (Å²) in [6, 6.07) is 8.18. The Morgan fingerprint density at radius 1 is 1.06 bits per heavy atom. The molecule has 160 valence electrons. The van der Waals surface area contributed by atoms with Crippen molar-refractivity contribution < 1.29 is 20.1 Å². The first-order valence-corrected chi connectivity index (χ1v) is 9.81. The number of benzene rings is 1. The summed E-state index contributed by atoms with van der Waals surface area (Å²) in [6.07, 6.45) is 0.347. The highest BCUT2D eigenvalue weighted by Crippen LogP contribution is 2.32. The lowest BCUT2D eigenvalue weighted by Gasteiger charge is -2.16. The first kappa shape index (κ1) is 19.7. The van der Waals surface area contributed by atoms with Gasteiger partial charge in [0.25, 0.3) is 0 Å². The Labute approximate surface area is 176 Å². The van der Waals surface area contributed by atoms with E-state index in [0.29, 0.717) is 29.1 Å². The van der Waals surface area contributed by atoms with Crippen LogP contribution in [0.3, 0.4) is 0 Å². The molecule has 0 bridgehead atoms. The molecule has 0 saturated carbocycles. The average Bonchev–Trinajstić information content (AvgIpc) is 3.48. The molecular weight excluding hydrogens is 402 g/mol. The van der Waals surface area contributed by atoms with E-state index in [1.165, 1.54) is 22.8 Å². The number of aliphatic hydroxyl groups excluding tert-OH is 3. The van der Waals surface area contributed by atoms with Crippen molar-refractivity contribution in [3.05, 3.63) is 54.2 Å². The molecule has 3 N–H and O–H groups in total. The third kappa shape index (κ3) is 3.47. The van der Waals surface area contributed by atoms with Gasteiger partial charge in [0.15, 0.2) is 11.9 Å². The van der Waals surface area contributed by atoms with E-state index >= 15 is 0 Å². The minimum absolute atomic E-state index is 0.410. The summed E-state index contributed by atoms with van der Waals surface area (Å²) >= 11 is 0. The van der Waals surface area contributed by atoms with Crippen molar-refractivity contribution in [3.8, 4) is 11.4 Å². The zero-order chi connectivity index (χ0) is 21.5. The number of nitrogens with zero attached hydrogens (tertiary/aromatic N) is 7. The highest BCUT2D eigenvalue weighted by Gasteiger charge is 2.44. The number of aromatic nitrogens is 7. The second-order valence-electron chi connectivity index (χ2n) is 7.56. The SMILES string of the molecule is Cc1ccc(Cn2cc(-c3ncnc4c3ncn4[C@@H]3O[C@H](CO)[C@@H](O)[C@H]3O)nn2)cc1. The van der Waals surface area contributed by atoms with E-state index in [-0.39, 0.29) is 0 Å². The Bertz CT molecular complexity index is 1210. The van der Waals surface area contributed by atoms with Crippen molar-refractivity contribution in [2.24, 2.45) is 0 Å². The molecule has 4 heterocycles. The third-order valence-electron chi connectivity index (χ3n) is 5.40. The number of rotatable bonds is 5. The predicted molar refractivity (Wildman–Crippen MR) is 108 cm³/mol. The molecule has 1 aliphatic rings. The monoisotopic (exact) mass is 423 g/mol. The summed E-state index contributed by atoms with van der Waals surface area (Å²) in [6.45, 7) is 2.20. The largest absolute Gasteiger partial charge is 0.394 e. The molecule has 31 heavy (non-hydrogen) atoms. The normalized spacial score (nSPS) is 23.6. The van der Waals surface area contributed by atoms with Crippen LogP contribution >= 0.6 is 0 Å². The van der Waals surface area contributed by atoms with Gasteiger partial charge in [0, 0.05) is 0 Å². The predicted octanol–water partition coefficient (Wildman–Crippen LogP) is 0.0530. The van der Waals surface area contributed by atoms with E-state index < -0.39 is 31.1 Å². The average molecular weight is 423 g/mol. The van der Waals surface area contributed by atoms with Gasteiger partial charge >= 0.3 is 0 Å². The summed E-state index contributed by atoms with van der Waals surface area (Å²) < 4.78 is 8.83. The summed E-state index contributed by atoms with van der Waals surface area (Å²) in [5.41, 5.74) is 4.19. The van der Waals surface area contributed by atoms with Gasteiger partial charge in [0.05, 0.1) is 25.7 Å². The van der Waals surface area contributed by atoms with Crippen LogP contribution in [-0.4, -0.2) is 74.8 Å². The Morgan fingerprint density at radius 2 is 1.87 bits per heavy atom. The molecule has 3 aromatic heterocycles. The molecule has 11 heteroatoms. The quantitative estimate of drug-likeness (QED) is 0.405. The maximum Gasteiger partial charge on any atom is 0.166 e. The molecule has 11 nitrogen and oxygen atoms in total. The molecule has 0 aliphatic carbocycles. The lowest BCUT2D eigenvalue weighted by Crippen LogP contribution is -2.33. The maximum absolute atomic E-state index is 10.3. The van der Waals surface area contributed by atoms with Crippen LogP contribution in [0.15, 0.2) is 43.1 Å². The van der Waals surface area contributed by atoms with Gasteiger partial charge in [-0.05, 0) is 12.5 Å². The van der Waals surface area contributed by atoms with Crippen LogP contribution in [0.1, 0.15) is 17.4 Å². The molecule has 4 atom stereocenters. The van der Waals surface area contributed by atoms with E-state index in [1.54, 1.807) is 10.9 Å². The summed E-state index contributed by atoms with van der Waals surface area (Å²) in [7, 11) is 0. The number of hydrogen-bond donors (Lipinski definition) is 3. The highest BCUT2D eigenvalue weighted by atomic mass is 16.6. The third-order valence-corrected chi connectivity index (χ3v) is 5.40. The first-order chi connectivity index (χ1) is 15.0. The first-order valence-electron chi connectivity index (χ1n) is 9.81. The molecule has 1 fully saturated rings. The zero-order valence-electron chi connectivity index (χ0n) is 16.6. The van der Waals surface area contributed by atoms with Crippen LogP contribution in [-0.2, 0) is 11.3 Å². The molecule has 1 aliphatic heterocycles. The van der Waals surface area contributed by atoms with Crippen LogP contribution < -0.4 is 0 Å². The van der Waals surface area contributed by atoms with Crippen molar-refractivity contribution in [2.75, 3.05) is 6.61 Å². The fourth-order valence-corrected chi connectivity index (χ4v) is 3.70. The molecule has 1 aromatic carbocycles. The minimum atomic E-state index is -1.23. The molecule has 4 aromatic rings. The lowest BCUT2D eigenvalue weighted by molar-refractivity contribution is -0.0511. The van der Waals surface area contributed by atoms with Crippen LogP contribution in [0.4, 0.5) is 0 Å². The topological polar surface area (TPSA) is 144 Å². The van der Waals surface area contributed by atoms with Gasteiger partial charge in [0.1, 0.15) is 41.5 Å². The number of ether oxygens (including phenoxy) is 1. The molecular formula is C20H21N7O4. The molecule has 0 amide bonds. The molecule has 0 spiro atoms. The molecule has 0 unspecified atom stereocenters. The van der Waals surface area contributed by atoms with E-state index in [2.05, 4.69) is 25.3 Å². The number of fused-ring (bicyclic) bond motifs is 1. The van der Waals surface area contributed by atoms with Crippen LogP contribution in [0.2, 0.25) is 0 Å². The minimum Gasteiger partial charge on any atom is -0.394 e. The Morgan fingerprint density at radius 3 is 2.61 bits per heavy atom. The molecule has 0 radical (unpaired) electrons. The van der Waals surface area contributed by atoms with E-state index in [1.807, 2.05) is 31.2 Å². The van der Waals surface area contributed by atoms with Gasteiger partial charge in [0.2, 0.25) is 0 Å². The van der Waals surface area contributed by atoms with Crippen molar-refractivity contribution in [2.45, 2.75) is 38.0 Å². The standard InChI is InChI=1S/C20H21N7O4/c1-11-2-4-12(5-3-11)6-26-7-13(24-25-26)15-16-19(22-9-21-15)27(10-23-16)20-18(30)17(29)14(8-28)31-20/h2-5,7,9-10,14,17-18,20,28-30H,6,8H2,1H3/t14-,17-,18-,20-/m1/s1. The second-order valence-corrected chi connectivity index (χ2v) is 7.56. The highest BCUT2D eigenvalue weighted by molar-refractivity contribution is 5.85. The zero-order valence-corrected chi connectivity index (χ0v) is 16.6. The molecule has 5 rings (SSSR count). The van der Waals surface area contributed by atoms with Gasteiger partial charge in [-0.1, -0.05) is 35.0 Å². The second kappa shape index (κ2) is 7.78. The number of aryl methyl sites for hydroxylation is 1. The van der Waals surface area contributed by atoms with Crippen LogP contribution in [0.5, 0.6) is 0 Å². The number of hydrogen-bond acceptors (Lipinski definition) is 9. The van der Waals surface area contributed by atoms with E-state index in [4.69, 9.17) is 4.74 Å². The lowest BCUT2D eigenvalue weighted by atomic mass is 10.1. The van der Waals surface area contributed by atoms with Crippen molar-refractivity contribution in [1.29, 1.82) is 0 Å². The van der Waals surface area contributed by atoms with Gasteiger partial charge in [-0.25, -0.2) is 19.6 Å². The fraction of sp³-hybridized carbons (Fsp3) is 0.350. The number of imidazole rings is 1. The Kier molecular flexibility index (Phi) is 4.94. The van der Waals surface area contributed by atoms with E-state index in [9.17, 15) is 15.3 Å². The summed E-state index contributed by atoms with van der Waals surface area (Å²) in [4.78, 5) is 13.0. The van der Waals surface area contributed by atoms with Gasteiger partial charge < -0.3 is 20.1 Å². The fourth-order valence-electron chi connectivity index (χ4n) is 3.70. The van der Waals surface area contributed by atoms with Crippen molar-refractivity contribution >= 4 is 11.2 Å². The van der Waals surface area contributed by atoms with Crippen LogP contribution in [0.25, 0.3) is 22.6 Å². The van der Waals surface area contributed by atoms with Gasteiger partial charge in [-0.15, -0.1) is 5.10 Å². The van der Waals surface area contributed by atoms with Gasteiger partial charge in [-0.3, -0.25) is 4.57 Å². The summed E-state index contributed by atoms with van der Waals surface area (Å²) in [5.74, 6) is 0. The summed E-state index contributed by atoms with van der Waals surface area (Å²) in [5, 5.41) is 38.1. The van der Waals surface area contributed by atoms with Gasteiger partial charge in [-0.2, -0.15) is 0 Å². The van der Waals surface area contributed by atoms with Crippen molar-refractivity contribution in [1.82, 2.24) is 34.5 Å². The Hall–Kier alpha value is -3.25. The Balaban J connectivity index is 1.46. The van der Waals surface area contributed by atoms with Crippen LogP contribution in [0, 0.1) is 6.92 Å². The maximum atomic E-state index is 10.3. The smallest absolute Gasteiger partial charge is 0.166 e. The molecule has 1 saturated heterocycles. The number of aliphatic hydroxyl groups is 3. The van der Waals surface area contributed by atoms with E-state index in [0.717, 1.165) is 5.56 Å². The van der Waals surface area contributed by atoms with Crippen molar-refractivity contribution in [3.63, 3.8) is 0 Å².